The van der Waals surface area contributed by atoms with Gasteiger partial charge in [0, 0.05) is 23.9 Å². The fourth-order valence-electron chi connectivity index (χ4n) is 3.34. The van der Waals surface area contributed by atoms with Gasteiger partial charge in [-0.1, -0.05) is 12.1 Å². The largest absolute Gasteiger partial charge is 0.442 e. The molecular formula is C19H23N5O3. The SMILES string of the molecule is CCC(Cc1oc2ncnc(NC3(C)CC3)c2c1C(N)=O)c1cc(C)on1. The first kappa shape index (κ1) is 17.5. The van der Waals surface area contributed by atoms with Crippen molar-refractivity contribution in [2.24, 2.45) is 5.73 Å². The Morgan fingerprint density at radius 3 is 2.78 bits per heavy atom. The van der Waals surface area contributed by atoms with Gasteiger partial charge in [0.2, 0.25) is 5.71 Å². The normalized spacial score (nSPS) is 16.4. The van der Waals surface area contributed by atoms with Gasteiger partial charge >= 0.3 is 0 Å². The molecule has 1 unspecified atom stereocenters. The van der Waals surface area contributed by atoms with E-state index < -0.39 is 5.91 Å². The van der Waals surface area contributed by atoms with Crippen LogP contribution in [-0.2, 0) is 6.42 Å². The van der Waals surface area contributed by atoms with Crippen LogP contribution in [0, 0.1) is 6.92 Å². The van der Waals surface area contributed by atoms with Crippen LogP contribution < -0.4 is 11.1 Å². The third kappa shape index (κ3) is 3.27. The Hall–Kier alpha value is -2.90. The summed E-state index contributed by atoms with van der Waals surface area (Å²) in [5.74, 6) is 1.35. The minimum absolute atomic E-state index is 0.00216. The number of nitrogens with one attached hydrogen (secondary N) is 1. The number of nitrogens with zero attached hydrogens (tertiary/aromatic N) is 3. The van der Waals surface area contributed by atoms with E-state index in [1.807, 2.05) is 13.0 Å². The Balaban J connectivity index is 1.77. The van der Waals surface area contributed by atoms with Gasteiger partial charge in [0.15, 0.2) is 0 Å². The average molecular weight is 369 g/mol. The zero-order valence-corrected chi connectivity index (χ0v) is 15.7. The highest BCUT2D eigenvalue weighted by Gasteiger charge is 2.38. The van der Waals surface area contributed by atoms with Gasteiger partial charge in [0.1, 0.15) is 23.7 Å². The van der Waals surface area contributed by atoms with E-state index in [1.165, 1.54) is 6.33 Å². The van der Waals surface area contributed by atoms with E-state index in [0.29, 0.717) is 34.7 Å². The van der Waals surface area contributed by atoms with Gasteiger partial charge in [-0.25, -0.2) is 9.97 Å². The molecule has 27 heavy (non-hydrogen) atoms. The van der Waals surface area contributed by atoms with Gasteiger partial charge in [-0.2, -0.15) is 0 Å². The van der Waals surface area contributed by atoms with Crippen molar-refractivity contribution < 1.29 is 13.7 Å². The third-order valence-corrected chi connectivity index (χ3v) is 5.22. The molecule has 3 heterocycles. The van der Waals surface area contributed by atoms with Crippen LogP contribution >= 0.6 is 0 Å². The number of anilines is 1. The molecule has 0 spiro atoms. The quantitative estimate of drug-likeness (QED) is 0.655. The standard InChI is InChI=1S/C19H23N5O3/c1-4-11(12-7-10(2)27-24-12)8-13-14(16(20)25)15-17(23-19(3)5-6-19)21-9-22-18(15)26-13/h7,9,11H,4-6,8H2,1-3H3,(H2,20,25)(H,21,22,23). The maximum Gasteiger partial charge on any atom is 0.253 e. The molecule has 3 N–H and O–H groups in total. The molecule has 1 atom stereocenters. The van der Waals surface area contributed by atoms with Crippen molar-refractivity contribution in [2.75, 3.05) is 5.32 Å². The molecule has 1 aliphatic rings. The number of carbonyl (C=O) groups excluding carboxylic acids is 1. The fourth-order valence-corrected chi connectivity index (χ4v) is 3.34. The lowest BCUT2D eigenvalue weighted by molar-refractivity contribution is 0.0999. The molecule has 0 saturated heterocycles. The van der Waals surface area contributed by atoms with Crippen LogP contribution in [0.3, 0.4) is 0 Å². The van der Waals surface area contributed by atoms with Crippen LogP contribution in [0.1, 0.15) is 66.6 Å². The fraction of sp³-hybridized carbons (Fsp3) is 0.474. The molecule has 8 heteroatoms. The summed E-state index contributed by atoms with van der Waals surface area (Å²) >= 11 is 0. The number of carbonyl (C=O) groups is 1. The molecule has 0 aromatic carbocycles. The van der Waals surface area contributed by atoms with Crippen LogP contribution in [0.4, 0.5) is 5.82 Å². The van der Waals surface area contributed by atoms with Crippen LogP contribution in [0.15, 0.2) is 21.3 Å². The molecule has 4 rings (SSSR count). The Kier molecular flexibility index (Phi) is 4.13. The number of aromatic nitrogens is 3. The zero-order valence-electron chi connectivity index (χ0n) is 15.7. The lowest BCUT2D eigenvalue weighted by atomic mass is 9.95. The van der Waals surface area contributed by atoms with Crippen molar-refractivity contribution >= 4 is 22.8 Å². The van der Waals surface area contributed by atoms with Crippen molar-refractivity contribution in [3.05, 3.63) is 35.2 Å². The van der Waals surface area contributed by atoms with E-state index in [4.69, 9.17) is 14.7 Å². The lowest BCUT2D eigenvalue weighted by Crippen LogP contribution is -2.19. The van der Waals surface area contributed by atoms with Gasteiger partial charge in [-0.3, -0.25) is 4.79 Å². The Morgan fingerprint density at radius 2 is 2.19 bits per heavy atom. The first-order chi connectivity index (χ1) is 12.9. The second-order valence-electron chi connectivity index (χ2n) is 7.52. The molecule has 0 radical (unpaired) electrons. The molecule has 0 aliphatic heterocycles. The van der Waals surface area contributed by atoms with Crippen molar-refractivity contribution in [1.29, 1.82) is 0 Å². The van der Waals surface area contributed by atoms with Crippen LogP contribution in [0.2, 0.25) is 0 Å². The highest BCUT2D eigenvalue weighted by atomic mass is 16.5. The van der Waals surface area contributed by atoms with E-state index >= 15 is 0 Å². The molecule has 1 saturated carbocycles. The summed E-state index contributed by atoms with van der Waals surface area (Å²) in [6, 6.07) is 1.90. The van der Waals surface area contributed by atoms with E-state index in [1.54, 1.807) is 0 Å². The van der Waals surface area contributed by atoms with E-state index in [-0.39, 0.29) is 11.5 Å². The van der Waals surface area contributed by atoms with Gasteiger partial charge in [0.25, 0.3) is 5.91 Å². The maximum atomic E-state index is 12.3. The van der Waals surface area contributed by atoms with Gasteiger partial charge in [-0.15, -0.1) is 0 Å². The highest BCUT2D eigenvalue weighted by molar-refractivity contribution is 6.09. The van der Waals surface area contributed by atoms with Crippen molar-refractivity contribution in [1.82, 2.24) is 15.1 Å². The molecule has 1 amide bonds. The minimum atomic E-state index is -0.547. The number of amides is 1. The summed E-state index contributed by atoms with van der Waals surface area (Å²) in [6.45, 7) is 6.03. The second kappa shape index (κ2) is 6.37. The summed E-state index contributed by atoms with van der Waals surface area (Å²) in [7, 11) is 0. The predicted octanol–water partition coefficient (Wildman–Crippen LogP) is 3.32. The van der Waals surface area contributed by atoms with Gasteiger partial charge < -0.3 is 20.0 Å². The van der Waals surface area contributed by atoms with E-state index in [0.717, 1.165) is 30.7 Å². The van der Waals surface area contributed by atoms with Crippen molar-refractivity contribution in [3.63, 3.8) is 0 Å². The first-order valence-corrected chi connectivity index (χ1v) is 9.18. The first-order valence-electron chi connectivity index (χ1n) is 9.18. The average Bonchev–Trinajstić information content (AvgIpc) is 3.04. The molecule has 142 valence electrons. The number of fused-ring (bicyclic) bond motifs is 1. The summed E-state index contributed by atoms with van der Waals surface area (Å²) in [4.78, 5) is 20.8. The topological polar surface area (TPSA) is 120 Å². The molecule has 1 aliphatic carbocycles. The highest BCUT2D eigenvalue weighted by Crippen LogP contribution is 2.40. The van der Waals surface area contributed by atoms with Gasteiger partial charge in [0.05, 0.1) is 16.6 Å². The number of aryl methyl sites for hydroxylation is 1. The summed E-state index contributed by atoms with van der Waals surface area (Å²) in [6.07, 6.45) is 4.84. The molecule has 8 nitrogen and oxygen atoms in total. The second-order valence-corrected chi connectivity index (χ2v) is 7.52. The number of nitrogens with two attached hydrogens (primary N) is 1. The van der Waals surface area contributed by atoms with Crippen LogP contribution in [0.25, 0.3) is 11.1 Å². The summed E-state index contributed by atoms with van der Waals surface area (Å²) in [5, 5.41) is 8.07. The van der Waals surface area contributed by atoms with E-state index in [9.17, 15) is 4.79 Å². The third-order valence-electron chi connectivity index (χ3n) is 5.22. The Labute approximate surface area is 156 Å². The Bertz CT molecular complexity index is 1000. The van der Waals surface area contributed by atoms with Crippen molar-refractivity contribution in [3.8, 4) is 0 Å². The van der Waals surface area contributed by atoms with Crippen LogP contribution in [-0.4, -0.2) is 26.6 Å². The number of hydrogen-bond donors (Lipinski definition) is 2. The smallest absolute Gasteiger partial charge is 0.253 e. The van der Waals surface area contributed by atoms with Gasteiger partial charge in [-0.05, 0) is 33.1 Å². The predicted molar refractivity (Wildman–Crippen MR) is 99.6 cm³/mol. The van der Waals surface area contributed by atoms with Crippen molar-refractivity contribution in [2.45, 2.75) is 57.9 Å². The number of hydrogen-bond acceptors (Lipinski definition) is 7. The zero-order chi connectivity index (χ0) is 19.2. The van der Waals surface area contributed by atoms with Crippen LogP contribution in [0.5, 0.6) is 0 Å². The molecular weight excluding hydrogens is 346 g/mol. The number of furan rings is 1. The molecule has 3 aromatic heterocycles. The minimum Gasteiger partial charge on any atom is -0.442 e. The summed E-state index contributed by atoms with van der Waals surface area (Å²) < 4.78 is 11.1. The molecule has 0 bridgehead atoms. The molecule has 3 aromatic rings. The monoisotopic (exact) mass is 369 g/mol. The summed E-state index contributed by atoms with van der Waals surface area (Å²) in [5.41, 5.74) is 7.26. The molecule has 1 fully saturated rings. The Morgan fingerprint density at radius 1 is 1.41 bits per heavy atom. The maximum absolute atomic E-state index is 12.3. The lowest BCUT2D eigenvalue weighted by Gasteiger charge is -2.13. The number of rotatable bonds is 7. The number of primary amides is 1. The van der Waals surface area contributed by atoms with E-state index in [2.05, 4.69) is 34.3 Å².